The van der Waals surface area contributed by atoms with Crippen LogP contribution in [0.15, 0.2) is 30.5 Å². The molecule has 0 atom stereocenters. The Labute approximate surface area is 123 Å². The topological polar surface area (TPSA) is 75.3 Å². The minimum Gasteiger partial charge on any atom is -0.508 e. The minimum atomic E-state index is 0.199. The van der Waals surface area contributed by atoms with Gasteiger partial charge in [-0.05, 0) is 31.5 Å². The van der Waals surface area contributed by atoms with Gasteiger partial charge in [0.25, 0.3) is 0 Å². The van der Waals surface area contributed by atoms with E-state index < -0.39 is 0 Å². The predicted octanol–water partition coefficient (Wildman–Crippen LogP) is 2.28. The molecule has 6 heteroatoms. The highest BCUT2D eigenvalue weighted by molar-refractivity contribution is 7.80. The Balaban J connectivity index is 2.58. The number of benzene rings is 1. The monoisotopic (exact) mass is 288 g/mol. The van der Waals surface area contributed by atoms with Gasteiger partial charge in [-0.15, -0.1) is 5.10 Å². The molecule has 5 nitrogen and oxygen atoms in total. The number of phenolic OH excluding ortho intramolecular Hbond substituents is 1. The van der Waals surface area contributed by atoms with Crippen molar-refractivity contribution >= 4 is 28.7 Å². The summed E-state index contributed by atoms with van der Waals surface area (Å²) in [4.78, 5) is 2.20. The van der Waals surface area contributed by atoms with Crippen LogP contribution in [0.1, 0.15) is 18.1 Å². The number of hydrogen-bond donors (Lipinski definition) is 2. The number of phenols is 1. The van der Waals surface area contributed by atoms with Gasteiger partial charge in [0.2, 0.25) is 0 Å². The SMILES string of the molecule is CCN(c1cc(O)ccc1C)c1nnccc1C(N)=S. The summed E-state index contributed by atoms with van der Waals surface area (Å²) in [6.07, 6.45) is 1.56. The van der Waals surface area contributed by atoms with Crippen molar-refractivity contribution < 1.29 is 5.11 Å². The third kappa shape index (κ3) is 2.70. The summed E-state index contributed by atoms with van der Waals surface area (Å²) in [5.74, 6) is 0.793. The van der Waals surface area contributed by atoms with E-state index in [0.717, 1.165) is 11.3 Å². The minimum absolute atomic E-state index is 0.199. The molecule has 2 rings (SSSR count). The first-order valence-corrected chi connectivity index (χ1v) is 6.64. The van der Waals surface area contributed by atoms with Gasteiger partial charge in [0.1, 0.15) is 10.7 Å². The van der Waals surface area contributed by atoms with Crippen molar-refractivity contribution in [2.24, 2.45) is 5.73 Å². The van der Waals surface area contributed by atoms with Crippen LogP contribution in [0, 0.1) is 6.92 Å². The van der Waals surface area contributed by atoms with E-state index in [0.29, 0.717) is 17.9 Å². The third-order valence-electron chi connectivity index (χ3n) is 3.02. The zero-order valence-electron chi connectivity index (χ0n) is 11.4. The van der Waals surface area contributed by atoms with Crippen LogP contribution in [0.25, 0.3) is 0 Å². The van der Waals surface area contributed by atoms with Crippen molar-refractivity contribution in [3.8, 4) is 5.75 Å². The zero-order chi connectivity index (χ0) is 14.7. The molecule has 0 aliphatic rings. The first-order chi connectivity index (χ1) is 9.54. The number of nitrogens with zero attached hydrogens (tertiary/aromatic N) is 3. The van der Waals surface area contributed by atoms with Crippen molar-refractivity contribution in [1.82, 2.24) is 10.2 Å². The second kappa shape index (κ2) is 5.83. The van der Waals surface area contributed by atoms with Crippen LogP contribution >= 0.6 is 12.2 Å². The Morgan fingerprint density at radius 2 is 2.15 bits per heavy atom. The molecule has 0 radical (unpaired) electrons. The smallest absolute Gasteiger partial charge is 0.165 e. The maximum atomic E-state index is 9.69. The van der Waals surface area contributed by atoms with Crippen LogP contribution in [-0.4, -0.2) is 26.8 Å². The molecule has 0 saturated carbocycles. The molecular formula is C14H16N4OS. The number of aromatic hydroxyl groups is 1. The van der Waals surface area contributed by atoms with Gasteiger partial charge in [-0.2, -0.15) is 5.10 Å². The number of anilines is 2. The molecule has 0 bridgehead atoms. The van der Waals surface area contributed by atoms with Gasteiger partial charge in [0.05, 0.1) is 11.8 Å². The van der Waals surface area contributed by atoms with E-state index >= 15 is 0 Å². The van der Waals surface area contributed by atoms with Crippen molar-refractivity contribution in [3.63, 3.8) is 0 Å². The maximum Gasteiger partial charge on any atom is 0.165 e. The lowest BCUT2D eigenvalue weighted by atomic mass is 10.1. The van der Waals surface area contributed by atoms with Crippen LogP contribution in [0.3, 0.4) is 0 Å². The average molecular weight is 288 g/mol. The molecule has 1 aromatic heterocycles. The van der Waals surface area contributed by atoms with Crippen LogP contribution in [0.4, 0.5) is 11.5 Å². The summed E-state index contributed by atoms with van der Waals surface area (Å²) in [6.45, 7) is 4.61. The highest BCUT2D eigenvalue weighted by atomic mass is 32.1. The van der Waals surface area contributed by atoms with Crippen molar-refractivity contribution in [2.45, 2.75) is 13.8 Å². The van der Waals surface area contributed by atoms with E-state index in [-0.39, 0.29) is 10.7 Å². The zero-order valence-corrected chi connectivity index (χ0v) is 12.2. The fraction of sp³-hybridized carbons (Fsp3) is 0.214. The maximum absolute atomic E-state index is 9.69. The lowest BCUT2D eigenvalue weighted by molar-refractivity contribution is 0.475. The number of thiocarbonyl (C=S) groups is 1. The van der Waals surface area contributed by atoms with E-state index in [4.69, 9.17) is 18.0 Å². The Hall–Kier alpha value is -2.21. The first kappa shape index (κ1) is 14.2. The second-order valence-corrected chi connectivity index (χ2v) is 4.79. The number of rotatable bonds is 4. The fourth-order valence-corrected chi connectivity index (χ4v) is 2.20. The highest BCUT2D eigenvalue weighted by Crippen LogP contribution is 2.31. The van der Waals surface area contributed by atoms with Crippen LogP contribution in [0.5, 0.6) is 5.75 Å². The number of nitrogens with two attached hydrogens (primary N) is 1. The highest BCUT2D eigenvalue weighted by Gasteiger charge is 2.17. The molecule has 20 heavy (non-hydrogen) atoms. The lowest BCUT2D eigenvalue weighted by Gasteiger charge is -2.25. The van der Waals surface area contributed by atoms with Crippen molar-refractivity contribution in [2.75, 3.05) is 11.4 Å². The average Bonchev–Trinajstić information content (AvgIpc) is 2.44. The Morgan fingerprint density at radius 3 is 2.80 bits per heavy atom. The van der Waals surface area contributed by atoms with Crippen LogP contribution in [-0.2, 0) is 0 Å². The van der Waals surface area contributed by atoms with Gasteiger partial charge in [-0.1, -0.05) is 18.3 Å². The Bertz CT molecular complexity index is 645. The summed E-state index contributed by atoms with van der Waals surface area (Å²) in [5, 5.41) is 17.7. The summed E-state index contributed by atoms with van der Waals surface area (Å²) in [5.41, 5.74) is 8.28. The van der Waals surface area contributed by atoms with E-state index in [9.17, 15) is 5.11 Å². The normalized spacial score (nSPS) is 10.3. The number of aromatic nitrogens is 2. The van der Waals surface area contributed by atoms with E-state index in [1.807, 2.05) is 24.8 Å². The molecule has 0 fully saturated rings. The molecule has 0 unspecified atom stereocenters. The molecule has 2 aromatic rings. The summed E-state index contributed by atoms with van der Waals surface area (Å²) in [7, 11) is 0. The first-order valence-electron chi connectivity index (χ1n) is 6.23. The largest absolute Gasteiger partial charge is 0.508 e. The summed E-state index contributed by atoms with van der Waals surface area (Å²) >= 11 is 5.06. The van der Waals surface area contributed by atoms with Crippen molar-refractivity contribution in [3.05, 3.63) is 41.6 Å². The number of hydrogen-bond acceptors (Lipinski definition) is 5. The molecule has 0 spiro atoms. The molecule has 3 N–H and O–H groups in total. The summed E-state index contributed by atoms with van der Waals surface area (Å²) < 4.78 is 0. The molecule has 1 aromatic carbocycles. The molecule has 104 valence electrons. The van der Waals surface area contributed by atoms with Gasteiger partial charge in [0.15, 0.2) is 5.82 Å². The number of aryl methyl sites for hydroxylation is 1. The van der Waals surface area contributed by atoms with E-state index in [1.54, 1.807) is 24.4 Å². The standard InChI is InChI=1S/C14H16N4OS/c1-3-18(12-8-10(19)5-4-9(12)2)14-11(13(15)20)6-7-16-17-14/h4-8,19H,3H2,1-2H3,(H2,15,20). The molecular weight excluding hydrogens is 272 g/mol. The molecule has 0 saturated heterocycles. The summed E-state index contributed by atoms with van der Waals surface area (Å²) in [6, 6.07) is 6.93. The van der Waals surface area contributed by atoms with Gasteiger partial charge in [-0.25, -0.2) is 0 Å². The predicted molar refractivity (Wildman–Crippen MR) is 83.4 cm³/mol. The van der Waals surface area contributed by atoms with Crippen molar-refractivity contribution in [1.29, 1.82) is 0 Å². The molecule has 0 amide bonds. The van der Waals surface area contributed by atoms with E-state index in [2.05, 4.69) is 10.2 Å². The van der Waals surface area contributed by atoms with Crippen LogP contribution < -0.4 is 10.6 Å². The molecule has 0 aliphatic heterocycles. The lowest BCUT2D eigenvalue weighted by Crippen LogP contribution is -2.23. The van der Waals surface area contributed by atoms with Gasteiger partial charge in [-0.3, -0.25) is 0 Å². The Morgan fingerprint density at radius 1 is 1.40 bits per heavy atom. The second-order valence-electron chi connectivity index (χ2n) is 4.35. The molecule has 0 aliphatic carbocycles. The third-order valence-corrected chi connectivity index (χ3v) is 3.24. The van der Waals surface area contributed by atoms with Gasteiger partial charge in [0, 0.05) is 18.3 Å². The molecule has 1 heterocycles. The fourth-order valence-electron chi connectivity index (χ4n) is 2.04. The van der Waals surface area contributed by atoms with Gasteiger partial charge >= 0.3 is 0 Å². The Kier molecular flexibility index (Phi) is 4.14. The van der Waals surface area contributed by atoms with E-state index in [1.165, 1.54) is 0 Å². The van der Waals surface area contributed by atoms with Crippen LogP contribution in [0.2, 0.25) is 0 Å². The quantitative estimate of drug-likeness (QED) is 0.841. The van der Waals surface area contributed by atoms with Gasteiger partial charge < -0.3 is 15.7 Å².